The number of nitrogens with two attached hydrogens (primary N) is 1. The van der Waals surface area contributed by atoms with Gasteiger partial charge in [-0.25, -0.2) is 12.7 Å². The van der Waals surface area contributed by atoms with E-state index in [1.807, 2.05) is 4.90 Å². The fourth-order valence-corrected chi connectivity index (χ4v) is 4.47. The monoisotopic (exact) mass is 317 g/mol. The van der Waals surface area contributed by atoms with Crippen molar-refractivity contribution in [3.63, 3.8) is 0 Å². The zero-order valence-electron chi connectivity index (χ0n) is 12.8. The first-order valence-electron chi connectivity index (χ1n) is 7.98. The molecule has 0 spiro atoms. The van der Waals surface area contributed by atoms with Crippen molar-refractivity contribution < 1.29 is 13.2 Å². The molecule has 0 radical (unpaired) electrons. The minimum absolute atomic E-state index is 0.0412. The second kappa shape index (κ2) is 7.07. The summed E-state index contributed by atoms with van der Waals surface area (Å²) in [6.07, 6.45) is 4.44. The van der Waals surface area contributed by atoms with E-state index in [1.54, 1.807) is 6.92 Å². The molecule has 2 heterocycles. The van der Waals surface area contributed by atoms with Crippen LogP contribution in [0.3, 0.4) is 0 Å². The molecule has 122 valence electrons. The second-order valence-corrected chi connectivity index (χ2v) is 8.25. The average molecular weight is 317 g/mol. The third kappa shape index (κ3) is 3.76. The van der Waals surface area contributed by atoms with Crippen molar-refractivity contribution in [3.05, 3.63) is 0 Å². The molecule has 21 heavy (non-hydrogen) atoms. The predicted molar refractivity (Wildman–Crippen MR) is 82.2 cm³/mol. The molecular weight excluding hydrogens is 290 g/mol. The van der Waals surface area contributed by atoms with Crippen LogP contribution in [-0.4, -0.2) is 61.5 Å². The van der Waals surface area contributed by atoms with Gasteiger partial charge in [0.25, 0.3) is 0 Å². The van der Waals surface area contributed by atoms with E-state index in [0.717, 1.165) is 25.8 Å². The van der Waals surface area contributed by atoms with Gasteiger partial charge in [-0.15, -0.1) is 0 Å². The van der Waals surface area contributed by atoms with E-state index in [2.05, 4.69) is 0 Å². The van der Waals surface area contributed by atoms with Gasteiger partial charge >= 0.3 is 0 Å². The van der Waals surface area contributed by atoms with Crippen LogP contribution in [0.4, 0.5) is 0 Å². The summed E-state index contributed by atoms with van der Waals surface area (Å²) in [5.41, 5.74) is 5.78. The standard InChI is InChI=1S/C14H27N3O3S/c1-2-21(19,20)16-9-6-12(7-10-16)14(18)17-8-4-3-5-13(17)11-15/h12-13H,2-11,15H2,1H3. The lowest BCUT2D eigenvalue weighted by molar-refractivity contribution is -0.140. The minimum atomic E-state index is -3.12. The Kier molecular flexibility index (Phi) is 5.62. The van der Waals surface area contributed by atoms with Gasteiger partial charge in [0, 0.05) is 38.1 Å². The molecule has 0 aliphatic carbocycles. The SMILES string of the molecule is CCS(=O)(=O)N1CCC(C(=O)N2CCCCC2CN)CC1. The van der Waals surface area contributed by atoms with Crippen LogP contribution >= 0.6 is 0 Å². The van der Waals surface area contributed by atoms with Gasteiger partial charge in [0.2, 0.25) is 15.9 Å². The molecule has 1 atom stereocenters. The Hall–Kier alpha value is -0.660. The normalized spacial score (nSPS) is 26.0. The number of nitrogens with zero attached hydrogens (tertiary/aromatic N) is 2. The number of rotatable bonds is 4. The van der Waals surface area contributed by atoms with Crippen molar-refractivity contribution in [1.82, 2.24) is 9.21 Å². The highest BCUT2D eigenvalue weighted by Crippen LogP contribution is 2.25. The van der Waals surface area contributed by atoms with E-state index in [-0.39, 0.29) is 23.6 Å². The Balaban J connectivity index is 1.94. The van der Waals surface area contributed by atoms with Crippen LogP contribution in [-0.2, 0) is 14.8 Å². The summed E-state index contributed by atoms with van der Waals surface area (Å²) in [6, 6.07) is 0.170. The van der Waals surface area contributed by atoms with Crippen molar-refractivity contribution in [2.45, 2.75) is 45.1 Å². The third-order valence-corrected chi connectivity index (χ3v) is 6.63. The first-order chi connectivity index (χ1) is 9.99. The first-order valence-corrected chi connectivity index (χ1v) is 9.59. The van der Waals surface area contributed by atoms with Crippen LogP contribution in [0, 0.1) is 5.92 Å². The molecule has 2 aliphatic rings. The van der Waals surface area contributed by atoms with E-state index in [4.69, 9.17) is 5.73 Å². The zero-order valence-corrected chi connectivity index (χ0v) is 13.6. The van der Waals surface area contributed by atoms with E-state index < -0.39 is 10.0 Å². The maximum Gasteiger partial charge on any atom is 0.226 e. The highest BCUT2D eigenvalue weighted by atomic mass is 32.2. The second-order valence-electron chi connectivity index (χ2n) is 5.99. The molecule has 2 N–H and O–H groups in total. The van der Waals surface area contributed by atoms with E-state index in [9.17, 15) is 13.2 Å². The number of hydrogen-bond donors (Lipinski definition) is 1. The fourth-order valence-electron chi connectivity index (χ4n) is 3.33. The maximum absolute atomic E-state index is 12.7. The van der Waals surface area contributed by atoms with Gasteiger partial charge in [0.1, 0.15) is 0 Å². The molecule has 0 saturated carbocycles. The van der Waals surface area contributed by atoms with Gasteiger partial charge in [-0.1, -0.05) is 0 Å². The Bertz CT molecular complexity index is 458. The summed E-state index contributed by atoms with van der Waals surface area (Å²) in [6.45, 7) is 3.91. The molecule has 0 aromatic rings. The molecule has 2 aliphatic heterocycles. The highest BCUT2D eigenvalue weighted by molar-refractivity contribution is 7.89. The number of carbonyl (C=O) groups is 1. The summed E-state index contributed by atoms with van der Waals surface area (Å²) < 4.78 is 25.2. The van der Waals surface area contributed by atoms with Crippen LogP contribution in [0.5, 0.6) is 0 Å². The summed E-state index contributed by atoms with van der Waals surface area (Å²) >= 11 is 0. The van der Waals surface area contributed by atoms with Crippen molar-refractivity contribution in [2.75, 3.05) is 31.9 Å². The van der Waals surface area contributed by atoms with Crippen molar-refractivity contribution in [2.24, 2.45) is 11.7 Å². The maximum atomic E-state index is 12.7. The largest absolute Gasteiger partial charge is 0.338 e. The minimum Gasteiger partial charge on any atom is -0.338 e. The van der Waals surface area contributed by atoms with Gasteiger partial charge in [0.05, 0.1) is 5.75 Å². The Morgan fingerprint density at radius 1 is 1.14 bits per heavy atom. The number of hydrogen-bond acceptors (Lipinski definition) is 4. The molecule has 2 fully saturated rings. The van der Waals surface area contributed by atoms with Gasteiger partial charge in [0.15, 0.2) is 0 Å². The number of likely N-dealkylation sites (tertiary alicyclic amines) is 1. The smallest absolute Gasteiger partial charge is 0.226 e. The van der Waals surface area contributed by atoms with Crippen LogP contribution in [0.15, 0.2) is 0 Å². The molecule has 1 unspecified atom stereocenters. The number of sulfonamides is 1. The van der Waals surface area contributed by atoms with E-state index in [0.29, 0.717) is 32.5 Å². The number of carbonyl (C=O) groups excluding carboxylic acids is 1. The van der Waals surface area contributed by atoms with Crippen LogP contribution in [0.2, 0.25) is 0 Å². The summed E-state index contributed by atoms with van der Waals surface area (Å²) in [5.74, 6) is 0.270. The van der Waals surface area contributed by atoms with Crippen LogP contribution in [0.1, 0.15) is 39.0 Å². The lowest BCUT2D eigenvalue weighted by atomic mass is 9.93. The molecule has 0 bridgehead atoms. The van der Waals surface area contributed by atoms with Crippen LogP contribution in [0.25, 0.3) is 0 Å². The summed E-state index contributed by atoms with van der Waals surface area (Å²) in [7, 11) is -3.12. The van der Waals surface area contributed by atoms with E-state index in [1.165, 1.54) is 4.31 Å². The first kappa shape index (κ1) is 16.7. The third-order valence-electron chi connectivity index (χ3n) is 4.74. The van der Waals surface area contributed by atoms with Crippen molar-refractivity contribution >= 4 is 15.9 Å². The molecule has 0 aromatic heterocycles. The topological polar surface area (TPSA) is 83.7 Å². The van der Waals surface area contributed by atoms with Gasteiger partial charge in [-0.3, -0.25) is 4.79 Å². The number of amides is 1. The molecule has 1 amide bonds. The lowest BCUT2D eigenvalue weighted by Crippen LogP contribution is -2.51. The summed E-state index contributed by atoms with van der Waals surface area (Å²) in [5, 5.41) is 0. The van der Waals surface area contributed by atoms with Gasteiger partial charge in [-0.2, -0.15) is 0 Å². The van der Waals surface area contributed by atoms with E-state index >= 15 is 0 Å². The average Bonchev–Trinajstić information content (AvgIpc) is 2.54. The molecule has 2 saturated heterocycles. The van der Waals surface area contributed by atoms with Crippen molar-refractivity contribution in [1.29, 1.82) is 0 Å². The van der Waals surface area contributed by atoms with Gasteiger partial charge in [-0.05, 0) is 39.0 Å². The Morgan fingerprint density at radius 3 is 2.38 bits per heavy atom. The molecule has 7 heteroatoms. The molecule has 6 nitrogen and oxygen atoms in total. The Labute approximate surface area is 127 Å². The molecule has 0 aromatic carbocycles. The Morgan fingerprint density at radius 2 is 1.81 bits per heavy atom. The lowest BCUT2D eigenvalue weighted by Gasteiger charge is -2.39. The summed E-state index contributed by atoms with van der Waals surface area (Å²) in [4.78, 5) is 14.6. The fraction of sp³-hybridized carbons (Fsp3) is 0.929. The quantitative estimate of drug-likeness (QED) is 0.813. The number of piperidine rings is 2. The van der Waals surface area contributed by atoms with Crippen molar-refractivity contribution in [3.8, 4) is 0 Å². The van der Waals surface area contributed by atoms with Crippen LogP contribution < -0.4 is 5.73 Å². The predicted octanol–water partition coefficient (Wildman–Crippen LogP) is 0.388. The van der Waals surface area contributed by atoms with Gasteiger partial charge < -0.3 is 10.6 Å². The molecule has 2 rings (SSSR count). The molecular formula is C14H27N3O3S. The highest BCUT2D eigenvalue weighted by Gasteiger charge is 2.35. The zero-order chi connectivity index (χ0) is 15.5.